The van der Waals surface area contributed by atoms with Crippen molar-refractivity contribution in [2.24, 2.45) is 5.92 Å². The SMILES string of the molecule is CC(C)CS(=O)(=O)NCCCOCCO. The van der Waals surface area contributed by atoms with Gasteiger partial charge < -0.3 is 9.84 Å². The van der Waals surface area contributed by atoms with Gasteiger partial charge in [0.05, 0.1) is 19.0 Å². The van der Waals surface area contributed by atoms with Crippen LogP contribution in [-0.2, 0) is 14.8 Å². The molecule has 0 heterocycles. The Morgan fingerprint density at radius 3 is 2.53 bits per heavy atom. The number of nitrogens with one attached hydrogen (secondary N) is 1. The lowest BCUT2D eigenvalue weighted by atomic mass is 10.3. The van der Waals surface area contributed by atoms with Gasteiger partial charge in [0.15, 0.2) is 0 Å². The summed E-state index contributed by atoms with van der Waals surface area (Å²) in [5, 5.41) is 8.41. The van der Waals surface area contributed by atoms with Crippen molar-refractivity contribution in [3.05, 3.63) is 0 Å². The molecule has 0 atom stereocenters. The van der Waals surface area contributed by atoms with Crippen molar-refractivity contribution in [1.29, 1.82) is 0 Å². The number of hydrogen-bond acceptors (Lipinski definition) is 4. The molecule has 0 aromatic rings. The standard InChI is InChI=1S/C9H21NO4S/c1-9(2)8-15(12,13)10-4-3-6-14-7-5-11/h9-11H,3-8H2,1-2H3. The highest BCUT2D eigenvalue weighted by Crippen LogP contribution is 1.97. The number of ether oxygens (including phenoxy) is 1. The van der Waals surface area contributed by atoms with Crippen LogP contribution in [0.1, 0.15) is 20.3 Å². The quantitative estimate of drug-likeness (QED) is 0.554. The third-order valence-corrected chi connectivity index (χ3v) is 3.33. The topological polar surface area (TPSA) is 75.6 Å². The van der Waals surface area contributed by atoms with E-state index < -0.39 is 10.0 Å². The minimum Gasteiger partial charge on any atom is -0.394 e. The van der Waals surface area contributed by atoms with Gasteiger partial charge in [0.1, 0.15) is 0 Å². The summed E-state index contributed by atoms with van der Waals surface area (Å²) in [5.74, 6) is 0.290. The van der Waals surface area contributed by atoms with Gasteiger partial charge in [0, 0.05) is 13.2 Å². The van der Waals surface area contributed by atoms with Crippen LogP contribution in [0.5, 0.6) is 0 Å². The van der Waals surface area contributed by atoms with E-state index in [2.05, 4.69) is 4.72 Å². The van der Waals surface area contributed by atoms with Crippen LogP contribution >= 0.6 is 0 Å². The molecule has 0 aliphatic carbocycles. The van der Waals surface area contributed by atoms with Gasteiger partial charge in [0.2, 0.25) is 10.0 Å². The van der Waals surface area contributed by atoms with Crippen LogP contribution in [0.25, 0.3) is 0 Å². The van der Waals surface area contributed by atoms with E-state index in [-0.39, 0.29) is 18.3 Å². The van der Waals surface area contributed by atoms with Crippen LogP contribution in [-0.4, -0.2) is 45.6 Å². The van der Waals surface area contributed by atoms with Crippen molar-refractivity contribution in [2.45, 2.75) is 20.3 Å². The van der Waals surface area contributed by atoms with Crippen LogP contribution in [0.15, 0.2) is 0 Å². The fraction of sp³-hybridized carbons (Fsp3) is 1.00. The van der Waals surface area contributed by atoms with Gasteiger partial charge >= 0.3 is 0 Å². The molecular formula is C9H21NO4S. The minimum atomic E-state index is -3.13. The minimum absolute atomic E-state index is 0.000916. The van der Waals surface area contributed by atoms with Gasteiger partial charge in [-0.15, -0.1) is 0 Å². The van der Waals surface area contributed by atoms with E-state index in [0.29, 0.717) is 26.2 Å². The Hall–Kier alpha value is -0.170. The highest BCUT2D eigenvalue weighted by Gasteiger charge is 2.11. The van der Waals surface area contributed by atoms with Crippen molar-refractivity contribution in [1.82, 2.24) is 4.72 Å². The number of rotatable bonds is 9. The second-order valence-electron chi connectivity index (χ2n) is 3.76. The molecule has 0 fully saturated rings. The average molecular weight is 239 g/mol. The summed E-state index contributed by atoms with van der Waals surface area (Å²) in [5.41, 5.74) is 0. The molecule has 15 heavy (non-hydrogen) atoms. The third-order valence-electron chi connectivity index (χ3n) is 1.58. The second kappa shape index (κ2) is 8.04. The highest BCUT2D eigenvalue weighted by molar-refractivity contribution is 7.89. The molecular weight excluding hydrogens is 218 g/mol. The molecule has 2 N–H and O–H groups in total. The molecule has 0 aromatic carbocycles. The normalized spacial score (nSPS) is 12.3. The van der Waals surface area contributed by atoms with E-state index in [1.165, 1.54) is 0 Å². The van der Waals surface area contributed by atoms with Crippen molar-refractivity contribution >= 4 is 10.0 Å². The summed E-state index contributed by atoms with van der Waals surface area (Å²) in [4.78, 5) is 0. The van der Waals surface area contributed by atoms with E-state index in [9.17, 15) is 8.42 Å². The molecule has 0 aliphatic heterocycles. The lowest BCUT2D eigenvalue weighted by Gasteiger charge is -2.08. The first kappa shape index (κ1) is 14.8. The lowest BCUT2D eigenvalue weighted by molar-refractivity contribution is 0.0913. The zero-order valence-electron chi connectivity index (χ0n) is 9.40. The van der Waals surface area contributed by atoms with Crippen molar-refractivity contribution < 1.29 is 18.3 Å². The lowest BCUT2D eigenvalue weighted by Crippen LogP contribution is -2.29. The van der Waals surface area contributed by atoms with Crippen LogP contribution in [0, 0.1) is 5.92 Å². The Morgan fingerprint density at radius 2 is 2.00 bits per heavy atom. The molecule has 0 amide bonds. The zero-order chi connectivity index (χ0) is 11.7. The molecule has 0 bridgehead atoms. The Morgan fingerprint density at radius 1 is 1.33 bits per heavy atom. The Kier molecular flexibility index (Phi) is 7.95. The van der Waals surface area contributed by atoms with Gasteiger partial charge in [-0.3, -0.25) is 0 Å². The first-order valence-electron chi connectivity index (χ1n) is 5.14. The summed E-state index contributed by atoms with van der Waals surface area (Å²) in [7, 11) is -3.13. The summed E-state index contributed by atoms with van der Waals surface area (Å²) in [6, 6.07) is 0. The van der Waals surface area contributed by atoms with Crippen molar-refractivity contribution in [2.75, 3.05) is 32.1 Å². The summed E-state index contributed by atoms with van der Waals surface area (Å²) in [6.45, 7) is 4.89. The monoisotopic (exact) mass is 239 g/mol. The number of sulfonamides is 1. The Bertz CT molecular complexity index is 238. The first-order chi connectivity index (χ1) is 6.98. The molecule has 0 saturated heterocycles. The maximum Gasteiger partial charge on any atom is 0.211 e. The molecule has 0 rings (SSSR count). The highest BCUT2D eigenvalue weighted by atomic mass is 32.2. The Labute approximate surface area is 91.9 Å². The molecule has 0 spiro atoms. The predicted octanol–water partition coefficient (Wildman–Crippen LogP) is -0.0392. The van der Waals surface area contributed by atoms with Gasteiger partial charge in [-0.05, 0) is 12.3 Å². The number of hydrogen-bond donors (Lipinski definition) is 2. The smallest absolute Gasteiger partial charge is 0.211 e. The Balaban J connectivity index is 3.50. The molecule has 0 saturated carbocycles. The third kappa shape index (κ3) is 10.1. The second-order valence-corrected chi connectivity index (χ2v) is 5.61. The van der Waals surface area contributed by atoms with Crippen LogP contribution in [0.2, 0.25) is 0 Å². The van der Waals surface area contributed by atoms with Gasteiger partial charge in [-0.25, -0.2) is 13.1 Å². The number of aliphatic hydroxyl groups excluding tert-OH is 1. The van der Waals surface area contributed by atoms with E-state index in [0.717, 1.165) is 0 Å². The maximum atomic E-state index is 11.3. The van der Waals surface area contributed by atoms with E-state index in [1.54, 1.807) is 0 Å². The molecule has 0 unspecified atom stereocenters. The molecule has 5 nitrogen and oxygen atoms in total. The van der Waals surface area contributed by atoms with Gasteiger partial charge in [-0.2, -0.15) is 0 Å². The van der Waals surface area contributed by atoms with Crippen molar-refractivity contribution in [3.63, 3.8) is 0 Å². The van der Waals surface area contributed by atoms with Crippen LogP contribution in [0.3, 0.4) is 0 Å². The molecule has 0 aromatic heterocycles. The molecule has 0 aliphatic rings. The van der Waals surface area contributed by atoms with E-state index >= 15 is 0 Å². The summed E-state index contributed by atoms with van der Waals surface area (Å²) >= 11 is 0. The summed E-state index contributed by atoms with van der Waals surface area (Å²) in [6.07, 6.45) is 0.622. The largest absolute Gasteiger partial charge is 0.394 e. The molecule has 0 radical (unpaired) electrons. The average Bonchev–Trinajstić information content (AvgIpc) is 2.08. The fourth-order valence-corrected chi connectivity index (χ4v) is 2.52. The zero-order valence-corrected chi connectivity index (χ0v) is 10.2. The first-order valence-corrected chi connectivity index (χ1v) is 6.79. The number of aliphatic hydroxyl groups is 1. The van der Waals surface area contributed by atoms with Gasteiger partial charge in [-0.1, -0.05) is 13.8 Å². The van der Waals surface area contributed by atoms with E-state index in [4.69, 9.17) is 9.84 Å². The summed E-state index contributed by atoms with van der Waals surface area (Å²) < 4.78 is 30.2. The van der Waals surface area contributed by atoms with Gasteiger partial charge in [0.25, 0.3) is 0 Å². The maximum absolute atomic E-state index is 11.3. The molecule has 6 heteroatoms. The van der Waals surface area contributed by atoms with Crippen LogP contribution in [0.4, 0.5) is 0 Å². The van der Waals surface area contributed by atoms with Crippen LogP contribution < -0.4 is 4.72 Å². The fourth-order valence-electron chi connectivity index (χ4n) is 1.07. The van der Waals surface area contributed by atoms with Crippen molar-refractivity contribution in [3.8, 4) is 0 Å². The molecule has 92 valence electrons. The van der Waals surface area contributed by atoms with E-state index in [1.807, 2.05) is 13.8 Å². The predicted molar refractivity (Wildman–Crippen MR) is 59.1 cm³/mol.